The molecule has 0 aliphatic rings. The molecule has 0 rings (SSSR count). The summed E-state index contributed by atoms with van der Waals surface area (Å²) in [6.45, 7) is 0.0185. The van der Waals surface area contributed by atoms with Crippen LogP contribution in [0, 0.1) is 0 Å². The fourth-order valence-electron chi connectivity index (χ4n) is 0.779. The zero-order valence-electron chi connectivity index (χ0n) is 6.56. The quantitative estimate of drug-likeness (QED) is 0.547. The summed E-state index contributed by atoms with van der Waals surface area (Å²) in [5.41, 5.74) is 0. The molecular weight excluding hydrogens is 181 g/mol. The van der Waals surface area contributed by atoms with E-state index in [9.17, 15) is 9.59 Å². The summed E-state index contributed by atoms with van der Waals surface area (Å²) in [7, 11) is 2.42. The van der Waals surface area contributed by atoms with Gasteiger partial charge in [-0.15, -0.1) is 9.24 Å². The molecular formula is C6H12NO4P. The fraction of sp³-hybridized carbons (Fsp3) is 0.667. The number of carboxylic acid groups (broad SMARTS) is 2. The van der Waals surface area contributed by atoms with Crippen LogP contribution < -0.4 is 0 Å². The Bertz CT molecular complexity index is 157. The van der Waals surface area contributed by atoms with E-state index in [1.165, 1.54) is 4.90 Å². The van der Waals surface area contributed by atoms with Crippen LogP contribution in [0.5, 0.6) is 0 Å². The molecule has 6 heteroatoms. The van der Waals surface area contributed by atoms with E-state index in [0.717, 1.165) is 0 Å². The summed E-state index contributed by atoms with van der Waals surface area (Å²) in [5.74, 6) is -2.01. The van der Waals surface area contributed by atoms with E-state index in [2.05, 4.69) is 9.24 Å². The second-order valence-corrected chi connectivity index (χ2v) is 2.86. The van der Waals surface area contributed by atoms with Gasteiger partial charge in [0.2, 0.25) is 0 Å². The molecule has 0 fully saturated rings. The molecule has 1 atom stereocenters. The van der Waals surface area contributed by atoms with Gasteiger partial charge in [0, 0.05) is 6.54 Å². The molecule has 0 aromatic rings. The van der Waals surface area contributed by atoms with Gasteiger partial charge in [-0.25, -0.2) is 0 Å². The van der Waals surface area contributed by atoms with Gasteiger partial charge in [0.05, 0.1) is 13.1 Å². The van der Waals surface area contributed by atoms with Crippen LogP contribution in [0.3, 0.4) is 0 Å². The van der Waals surface area contributed by atoms with Gasteiger partial charge < -0.3 is 10.2 Å². The molecule has 0 aliphatic carbocycles. The molecule has 70 valence electrons. The highest BCUT2D eigenvalue weighted by molar-refractivity contribution is 7.16. The molecule has 12 heavy (non-hydrogen) atoms. The smallest absolute Gasteiger partial charge is 0.317 e. The third-order valence-electron chi connectivity index (χ3n) is 1.16. The van der Waals surface area contributed by atoms with Crippen molar-refractivity contribution in [3.05, 3.63) is 0 Å². The summed E-state index contributed by atoms with van der Waals surface area (Å²) >= 11 is 0. The first kappa shape index (κ1) is 11.3. The van der Waals surface area contributed by atoms with Gasteiger partial charge in [0.15, 0.2) is 0 Å². The highest BCUT2D eigenvalue weighted by Crippen LogP contribution is 1.91. The summed E-state index contributed by atoms with van der Waals surface area (Å²) in [6.07, 6.45) is 0.667. The summed E-state index contributed by atoms with van der Waals surface area (Å²) < 4.78 is 0. The minimum atomic E-state index is -1.00. The van der Waals surface area contributed by atoms with E-state index >= 15 is 0 Å². The maximum atomic E-state index is 10.2. The third kappa shape index (κ3) is 6.07. The number of hydrogen-bond donors (Lipinski definition) is 2. The van der Waals surface area contributed by atoms with Crippen LogP contribution in [0.25, 0.3) is 0 Å². The monoisotopic (exact) mass is 193 g/mol. The summed E-state index contributed by atoms with van der Waals surface area (Å²) in [4.78, 5) is 21.8. The molecule has 2 N–H and O–H groups in total. The summed E-state index contributed by atoms with van der Waals surface area (Å²) in [6, 6.07) is 0. The van der Waals surface area contributed by atoms with Gasteiger partial charge in [-0.3, -0.25) is 14.5 Å². The number of carbonyl (C=O) groups is 2. The average molecular weight is 193 g/mol. The predicted octanol–water partition coefficient (Wildman–Crippen LogP) is -0.667. The Morgan fingerprint density at radius 2 is 1.58 bits per heavy atom. The number of hydrogen-bond acceptors (Lipinski definition) is 3. The number of aliphatic carboxylic acids is 2. The second-order valence-electron chi connectivity index (χ2n) is 2.29. The van der Waals surface area contributed by atoms with Crippen molar-refractivity contribution in [2.45, 2.75) is 0 Å². The summed E-state index contributed by atoms with van der Waals surface area (Å²) in [5, 5.41) is 16.8. The van der Waals surface area contributed by atoms with Gasteiger partial charge in [-0.1, -0.05) is 0 Å². The average Bonchev–Trinajstić information content (AvgIpc) is 1.84. The predicted molar refractivity (Wildman–Crippen MR) is 46.3 cm³/mol. The molecule has 0 aliphatic heterocycles. The largest absolute Gasteiger partial charge is 0.480 e. The van der Waals surface area contributed by atoms with Crippen molar-refractivity contribution in [2.75, 3.05) is 25.8 Å². The normalized spacial score (nSPS) is 10.2. The van der Waals surface area contributed by atoms with Crippen LogP contribution >= 0.6 is 9.24 Å². The van der Waals surface area contributed by atoms with Crippen molar-refractivity contribution in [2.24, 2.45) is 0 Å². The minimum absolute atomic E-state index is 0.222. The zero-order valence-corrected chi connectivity index (χ0v) is 7.72. The van der Waals surface area contributed by atoms with E-state index < -0.39 is 11.9 Å². The Balaban J connectivity index is 3.85. The lowest BCUT2D eigenvalue weighted by atomic mass is 10.4. The van der Waals surface area contributed by atoms with Gasteiger partial charge in [-0.05, 0) is 6.16 Å². The first-order valence-corrected chi connectivity index (χ1v) is 4.24. The third-order valence-corrected chi connectivity index (χ3v) is 1.42. The van der Waals surface area contributed by atoms with Crippen molar-refractivity contribution in [1.82, 2.24) is 4.90 Å². The highest BCUT2D eigenvalue weighted by atomic mass is 31.0. The SMILES string of the molecule is O=C(O)CN(CCP)CC(=O)O. The van der Waals surface area contributed by atoms with Crippen LogP contribution in [0.2, 0.25) is 0 Å². The number of nitrogens with zero attached hydrogens (tertiary/aromatic N) is 1. The van der Waals surface area contributed by atoms with Crippen LogP contribution in [0.1, 0.15) is 0 Å². The molecule has 0 bridgehead atoms. The van der Waals surface area contributed by atoms with Crippen LogP contribution in [-0.2, 0) is 9.59 Å². The van der Waals surface area contributed by atoms with Crippen molar-refractivity contribution in [3.8, 4) is 0 Å². The maximum Gasteiger partial charge on any atom is 0.317 e. The number of rotatable bonds is 6. The molecule has 0 saturated carbocycles. The Kier molecular flexibility index (Phi) is 5.58. The lowest BCUT2D eigenvalue weighted by molar-refractivity contribution is -0.141. The van der Waals surface area contributed by atoms with Crippen molar-refractivity contribution in [3.63, 3.8) is 0 Å². The second kappa shape index (κ2) is 5.91. The van der Waals surface area contributed by atoms with E-state index in [0.29, 0.717) is 12.7 Å². The molecule has 0 amide bonds. The van der Waals surface area contributed by atoms with Crippen LogP contribution in [-0.4, -0.2) is 52.8 Å². The van der Waals surface area contributed by atoms with Gasteiger partial charge in [0.1, 0.15) is 0 Å². The number of carboxylic acids is 2. The lowest BCUT2D eigenvalue weighted by Crippen LogP contribution is -2.35. The van der Waals surface area contributed by atoms with Crippen molar-refractivity contribution in [1.29, 1.82) is 0 Å². The molecule has 5 nitrogen and oxygen atoms in total. The lowest BCUT2D eigenvalue weighted by Gasteiger charge is -2.15. The molecule has 0 spiro atoms. The molecule has 0 aromatic heterocycles. The topological polar surface area (TPSA) is 77.8 Å². The first-order chi connectivity index (χ1) is 5.56. The van der Waals surface area contributed by atoms with E-state index in [1.807, 2.05) is 0 Å². The fourth-order valence-corrected chi connectivity index (χ4v) is 1.14. The molecule has 0 heterocycles. The maximum absolute atomic E-state index is 10.2. The minimum Gasteiger partial charge on any atom is -0.480 e. The molecule has 0 saturated heterocycles. The van der Waals surface area contributed by atoms with Crippen LogP contribution in [0.4, 0.5) is 0 Å². The van der Waals surface area contributed by atoms with Crippen molar-refractivity contribution < 1.29 is 19.8 Å². The first-order valence-electron chi connectivity index (χ1n) is 3.42. The molecule has 1 unspecified atom stereocenters. The Morgan fingerprint density at radius 1 is 1.17 bits per heavy atom. The van der Waals surface area contributed by atoms with E-state index in [-0.39, 0.29) is 13.1 Å². The van der Waals surface area contributed by atoms with Gasteiger partial charge in [-0.2, -0.15) is 0 Å². The Labute approximate surface area is 72.6 Å². The standard InChI is InChI=1S/C6H12NO4P/c8-5(9)3-7(1-2-12)4-6(10)11/h1-4,12H2,(H,8,9)(H,10,11). The van der Waals surface area contributed by atoms with Crippen molar-refractivity contribution >= 4 is 21.2 Å². The molecule has 0 radical (unpaired) electrons. The van der Waals surface area contributed by atoms with E-state index in [1.54, 1.807) is 0 Å². The van der Waals surface area contributed by atoms with Crippen LogP contribution in [0.15, 0.2) is 0 Å². The zero-order chi connectivity index (χ0) is 9.56. The van der Waals surface area contributed by atoms with Gasteiger partial charge >= 0.3 is 11.9 Å². The Hall–Kier alpha value is -0.670. The highest BCUT2D eigenvalue weighted by Gasteiger charge is 2.11. The van der Waals surface area contributed by atoms with E-state index in [4.69, 9.17) is 10.2 Å². The molecule has 0 aromatic carbocycles. The van der Waals surface area contributed by atoms with Gasteiger partial charge in [0.25, 0.3) is 0 Å². The Morgan fingerprint density at radius 3 is 1.83 bits per heavy atom.